The molecule has 0 aliphatic carbocycles. The van der Waals surface area contributed by atoms with E-state index in [-0.39, 0.29) is 0 Å². The van der Waals surface area contributed by atoms with E-state index in [1.807, 2.05) is 18.2 Å². The molecule has 2 aromatic carbocycles. The van der Waals surface area contributed by atoms with Gasteiger partial charge in [0, 0.05) is 0 Å². The second-order valence-electron chi connectivity index (χ2n) is 5.22. The Kier molecular flexibility index (Phi) is 6.60. The van der Waals surface area contributed by atoms with Gasteiger partial charge in [-0.05, 0) is 29.7 Å². The number of hydrogen-bond acceptors (Lipinski definition) is 1. The third-order valence-corrected chi connectivity index (χ3v) is 3.41. The Bertz CT molecular complexity index is 526. The Morgan fingerprint density at radius 1 is 0.762 bits per heavy atom. The van der Waals surface area contributed by atoms with Crippen LogP contribution in [0.5, 0.6) is 5.75 Å². The summed E-state index contributed by atoms with van der Waals surface area (Å²) in [6.45, 7) is 3.04. The van der Waals surface area contributed by atoms with Crippen LogP contribution in [-0.2, 0) is 0 Å². The molecule has 0 amide bonds. The lowest BCUT2D eigenvalue weighted by atomic mass is 10.1. The summed E-state index contributed by atoms with van der Waals surface area (Å²) in [6, 6.07) is 18.6. The third kappa shape index (κ3) is 5.86. The summed E-state index contributed by atoms with van der Waals surface area (Å²) in [5.41, 5.74) is 2.41. The molecule has 0 aromatic heterocycles. The summed E-state index contributed by atoms with van der Waals surface area (Å²) in [4.78, 5) is 0. The van der Waals surface area contributed by atoms with Crippen molar-refractivity contribution in [1.82, 2.24) is 0 Å². The predicted octanol–water partition coefficient (Wildman–Crippen LogP) is 5.82. The quantitative estimate of drug-likeness (QED) is 0.437. The van der Waals surface area contributed by atoms with Gasteiger partial charge in [-0.3, -0.25) is 0 Å². The van der Waals surface area contributed by atoms with E-state index in [0.29, 0.717) is 0 Å². The summed E-state index contributed by atoms with van der Waals surface area (Å²) in [7, 11) is 0. The molecule has 0 radical (unpaired) electrons. The van der Waals surface area contributed by atoms with Crippen LogP contribution in [0.4, 0.5) is 0 Å². The van der Waals surface area contributed by atoms with Crippen molar-refractivity contribution in [2.75, 3.05) is 6.61 Å². The van der Waals surface area contributed by atoms with Gasteiger partial charge in [0.25, 0.3) is 0 Å². The van der Waals surface area contributed by atoms with Crippen LogP contribution in [0.3, 0.4) is 0 Å². The zero-order valence-electron chi connectivity index (χ0n) is 12.8. The minimum atomic E-state index is 0.819. The van der Waals surface area contributed by atoms with Crippen molar-refractivity contribution in [3.8, 4) is 5.75 Å². The van der Waals surface area contributed by atoms with Gasteiger partial charge in [-0.2, -0.15) is 0 Å². The number of unbranched alkanes of at least 4 members (excludes halogenated alkanes) is 3. The topological polar surface area (TPSA) is 9.23 Å². The lowest BCUT2D eigenvalue weighted by Gasteiger charge is -2.06. The zero-order chi connectivity index (χ0) is 14.8. The van der Waals surface area contributed by atoms with Gasteiger partial charge in [-0.15, -0.1) is 0 Å². The van der Waals surface area contributed by atoms with Crippen molar-refractivity contribution in [3.63, 3.8) is 0 Å². The van der Waals surface area contributed by atoms with E-state index in [2.05, 4.69) is 55.5 Å². The van der Waals surface area contributed by atoms with Crippen LogP contribution in [0.15, 0.2) is 54.6 Å². The van der Waals surface area contributed by atoms with E-state index in [1.165, 1.54) is 30.4 Å². The largest absolute Gasteiger partial charge is 0.494 e. The minimum absolute atomic E-state index is 0.819. The highest BCUT2D eigenvalue weighted by Crippen LogP contribution is 2.15. The first-order chi connectivity index (χ1) is 10.4. The predicted molar refractivity (Wildman–Crippen MR) is 91.4 cm³/mol. The number of benzene rings is 2. The molecule has 0 heterocycles. The Labute approximate surface area is 128 Å². The van der Waals surface area contributed by atoms with Gasteiger partial charge in [-0.1, -0.05) is 80.8 Å². The molecule has 0 unspecified atom stereocenters. The van der Waals surface area contributed by atoms with Gasteiger partial charge in [0.15, 0.2) is 0 Å². The van der Waals surface area contributed by atoms with E-state index < -0.39 is 0 Å². The SMILES string of the molecule is CCCCCCOc1ccc(/C=C/c2ccccc2)cc1. The maximum absolute atomic E-state index is 5.75. The third-order valence-electron chi connectivity index (χ3n) is 3.41. The van der Waals surface area contributed by atoms with Gasteiger partial charge in [0.05, 0.1) is 6.61 Å². The standard InChI is InChI=1S/C20H24O/c1-2-3-4-8-17-21-20-15-13-19(14-16-20)12-11-18-9-6-5-7-10-18/h5-7,9-16H,2-4,8,17H2,1H3/b12-11+. The van der Waals surface area contributed by atoms with E-state index in [9.17, 15) is 0 Å². The molecule has 0 bridgehead atoms. The van der Waals surface area contributed by atoms with Gasteiger partial charge in [0.1, 0.15) is 5.75 Å². The van der Waals surface area contributed by atoms with Crippen LogP contribution in [0.1, 0.15) is 43.7 Å². The summed E-state index contributed by atoms with van der Waals surface area (Å²) >= 11 is 0. The minimum Gasteiger partial charge on any atom is -0.494 e. The fourth-order valence-electron chi connectivity index (χ4n) is 2.15. The lowest BCUT2D eigenvalue weighted by molar-refractivity contribution is 0.305. The second kappa shape index (κ2) is 9.02. The van der Waals surface area contributed by atoms with Gasteiger partial charge in [0.2, 0.25) is 0 Å². The molecular weight excluding hydrogens is 256 g/mol. The first-order valence-electron chi connectivity index (χ1n) is 7.84. The highest BCUT2D eigenvalue weighted by Gasteiger charge is 1.94. The maximum Gasteiger partial charge on any atom is 0.119 e. The van der Waals surface area contributed by atoms with Crippen molar-refractivity contribution in [3.05, 3.63) is 65.7 Å². The fraction of sp³-hybridized carbons (Fsp3) is 0.300. The van der Waals surface area contributed by atoms with Gasteiger partial charge >= 0.3 is 0 Å². The average Bonchev–Trinajstić information content (AvgIpc) is 2.55. The highest BCUT2D eigenvalue weighted by atomic mass is 16.5. The van der Waals surface area contributed by atoms with E-state index in [0.717, 1.165) is 18.8 Å². The summed E-state index contributed by atoms with van der Waals surface area (Å²) in [5, 5.41) is 0. The highest BCUT2D eigenvalue weighted by molar-refractivity contribution is 5.69. The Hall–Kier alpha value is -2.02. The molecule has 0 aliphatic heterocycles. The molecule has 2 aromatic rings. The van der Waals surface area contributed by atoms with Crippen LogP contribution in [0, 0.1) is 0 Å². The van der Waals surface area contributed by atoms with E-state index >= 15 is 0 Å². The van der Waals surface area contributed by atoms with Crippen molar-refractivity contribution in [2.24, 2.45) is 0 Å². The molecule has 0 atom stereocenters. The molecule has 1 heteroatoms. The molecule has 0 fully saturated rings. The average molecular weight is 280 g/mol. The maximum atomic E-state index is 5.75. The van der Waals surface area contributed by atoms with Crippen molar-refractivity contribution in [2.45, 2.75) is 32.6 Å². The fourth-order valence-corrected chi connectivity index (χ4v) is 2.15. The molecule has 110 valence electrons. The van der Waals surface area contributed by atoms with E-state index in [1.54, 1.807) is 0 Å². The monoisotopic (exact) mass is 280 g/mol. The zero-order valence-corrected chi connectivity index (χ0v) is 12.8. The Balaban J connectivity index is 1.80. The molecular formula is C20H24O. The van der Waals surface area contributed by atoms with Crippen LogP contribution in [0.25, 0.3) is 12.2 Å². The van der Waals surface area contributed by atoms with Crippen molar-refractivity contribution >= 4 is 12.2 Å². The van der Waals surface area contributed by atoms with Gasteiger partial charge in [-0.25, -0.2) is 0 Å². The molecule has 0 aliphatic rings. The van der Waals surface area contributed by atoms with Crippen molar-refractivity contribution < 1.29 is 4.74 Å². The molecule has 1 nitrogen and oxygen atoms in total. The molecule has 0 saturated carbocycles. The first kappa shape index (κ1) is 15.4. The van der Waals surface area contributed by atoms with Crippen molar-refractivity contribution in [1.29, 1.82) is 0 Å². The van der Waals surface area contributed by atoms with Crippen LogP contribution in [-0.4, -0.2) is 6.61 Å². The molecule has 0 spiro atoms. The van der Waals surface area contributed by atoms with Crippen LogP contribution in [0.2, 0.25) is 0 Å². The summed E-state index contributed by atoms with van der Waals surface area (Å²) in [5.74, 6) is 0.961. The number of rotatable bonds is 8. The molecule has 0 N–H and O–H groups in total. The summed E-state index contributed by atoms with van der Waals surface area (Å²) < 4.78 is 5.75. The smallest absolute Gasteiger partial charge is 0.119 e. The Morgan fingerprint density at radius 3 is 2.10 bits per heavy atom. The van der Waals surface area contributed by atoms with Crippen LogP contribution >= 0.6 is 0 Å². The van der Waals surface area contributed by atoms with E-state index in [4.69, 9.17) is 4.74 Å². The molecule has 21 heavy (non-hydrogen) atoms. The first-order valence-corrected chi connectivity index (χ1v) is 7.84. The van der Waals surface area contributed by atoms with Gasteiger partial charge < -0.3 is 4.74 Å². The second-order valence-corrected chi connectivity index (χ2v) is 5.22. The lowest BCUT2D eigenvalue weighted by Crippen LogP contribution is -1.96. The van der Waals surface area contributed by atoms with Crippen LogP contribution < -0.4 is 4.74 Å². The summed E-state index contributed by atoms with van der Waals surface area (Å²) in [6.07, 6.45) is 9.22. The normalized spacial score (nSPS) is 10.9. The Morgan fingerprint density at radius 2 is 1.43 bits per heavy atom. The number of hydrogen-bond donors (Lipinski definition) is 0. The number of ether oxygens (including phenoxy) is 1. The molecule has 0 saturated heterocycles. The molecule has 2 rings (SSSR count).